The number of benzene rings is 2. The number of thioether (sulfide) groups is 1. The molecule has 0 spiro atoms. The third-order valence-corrected chi connectivity index (χ3v) is 5.18. The normalized spacial score (nSPS) is 10.6. The number of aromatic nitrogens is 2. The molecule has 1 N–H and O–H groups in total. The Hall–Kier alpha value is -3.06. The van der Waals surface area contributed by atoms with E-state index in [0.717, 1.165) is 29.6 Å². The number of nitrogens with one attached hydrogen (secondary N) is 1. The maximum Gasteiger partial charge on any atom is 0.287 e. The SMILES string of the molecule is CCOc1ccc(-n2ccnc(SCC(=O)Nc3ccc(CC)cc3)c2=O)cc1. The van der Waals surface area contributed by atoms with Crippen molar-refractivity contribution in [3.8, 4) is 11.4 Å². The zero-order chi connectivity index (χ0) is 20.6. The molecule has 3 aromatic rings. The van der Waals surface area contributed by atoms with E-state index in [9.17, 15) is 9.59 Å². The van der Waals surface area contributed by atoms with Gasteiger partial charge in [0, 0.05) is 23.8 Å². The third-order valence-electron chi connectivity index (χ3n) is 4.22. The first-order valence-corrected chi connectivity index (χ1v) is 10.4. The number of carbonyl (C=O) groups excluding carboxylic acids is 1. The van der Waals surface area contributed by atoms with Gasteiger partial charge in [-0.3, -0.25) is 14.2 Å². The van der Waals surface area contributed by atoms with Crippen molar-refractivity contribution in [3.05, 3.63) is 76.8 Å². The molecule has 1 amide bonds. The number of rotatable bonds is 8. The van der Waals surface area contributed by atoms with Gasteiger partial charge in [0.1, 0.15) is 5.75 Å². The first kappa shape index (κ1) is 20.7. The number of aryl methyl sites for hydroxylation is 1. The predicted octanol–water partition coefficient (Wildman–Crippen LogP) is 3.92. The minimum absolute atomic E-state index is 0.102. The van der Waals surface area contributed by atoms with Gasteiger partial charge in [-0.2, -0.15) is 0 Å². The summed E-state index contributed by atoms with van der Waals surface area (Å²) in [5.74, 6) is 0.666. The van der Waals surface area contributed by atoms with Gasteiger partial charge in [0.25, 0.3) is 5.56 Å². The Bertz CT molecular complexity index is 1010. The number of carbonyl (C=O) groups is 1. The summed E-state index contributed by atoms with van der Waals surface area (Å²) in [4.78, 5) is 29.1. The van der Waals surface area contributed by atoms with Crippen LogP contribution in [0.4, 0.5) is 5.69 Å². The quantitative estimate of drug-likeness (QED) is 0.571. The van der Waals surface area contributed by atoms with E-state index in [-0.39, 0.29) is 22.2 Å². The largest absolute Gasteiger partial charge is 0.494 e. The molecule has 0 atom stereocenters. The molecule has 0 saturated heterocycles. The van der Waals surface area contributed by atoms with Crippen LogP contribution < -0.4 is 15.6 Å². The van der Waals surface area contributed by atoms with Crippen molar-refractivity contribution in [1.29, 1.82) is 0 Å². The van der Waals surface area contributed by atoms with E-state index >= 15 is 0 Å². The molecule has 1 aromatic heterocycles. The molecule has 0 bridgehead atoms. The van der Waals surface area contributed by atoms with Gasteiger partial charge in [0.2, 0.25) is 5.91 Å². The first-order chi connectivity index (χ1) is 14.1. The number of ether oxygens (including phenoxy) is 1. The standard InChI is InChI=1S/C22H23N3O3S/c1-3-16-5-7-17(8-6-16)24-20(26)15-29-21-22(27)25(14-13-23-21)18-9-11-19(12-10-18)28-4-2/h5-14H,3-4,15H2,1-2H3,(H,24,26). The van der Waals surface area contributed by atoms with Gasteiger partial charge < -0.3 is 10.1 Å². The lowest BCUT2D eigenvalue weighted by Crippen LogP contribution is -2.22. The zero-order valence-corrected chi connectivity index (χ0v) is 17.2. The van der Waals surface area contributed by atoms with Crippen LogP contribution in [0.15, 0.2) is 70.7 Å². The lowest BCUT2D eigenvalue weighted by molar-refractivity contribution is -0.113. The van der Waals surface area contributed by atoms with Crippen LogP contribution in [-0.4, -0.2) is 27.8 Å². The first-order valence-electron chi connectivity index (χ1n) is 9.43. The summed E-state index contributed by atoms with van der Waals surface area (Å²) < 4.78 is 6.94. The summed E-state index contributed by atoms with van der Waals surface area (Å²) in [7, 11) is 0. The van der Waals surface area contributed by atoms with Gasteiger partial charge in [-0.05, 0) is 55.3 Å². The predicted molar refractivity (Wildman–Crippen MR) is 116 cm³/mol. The second-order valence-electron chi connectivity index (χ2n) is 6.22. The average Bonchev–Trinajstić information content (AvgIpc) is 2.74. The van der Waals surface area contributed by atoms with E-state index in [2.05, 4.69) is 17.2 Å². The summed E-state index contributed by atoms with van der Waals surface area (Å²) in [6, 6.07) is 15.0. The minimum Gasteiger partial charge on any atom is -0.494 e. The molecule has 0 aliphatic heterocycles. The molecule has 7 heteroatoms. The molecule has 3 rings (SSSR count). The van der Waals surface area contributed by atoms with Gasteiger partial charge in [-0.25, -0.2) is 4.98 Å². The summed E-state index contributed by atoms with van der Waals surface area (Å²) in [6.45, 7) is 4.58. The fourth-order valence-electron chi connectivity index (χ4n) is 2.72. The van der Waals surface area contributed by atoms with Gasteiger partial charge in [-0.15, -0.1) is 0 Å². The van der Waals surface area contributed by atoms with Crippen molar-refractivity contribution in [2.24, 2.45) is 0 Å². The van der Waals surface area contributed by atoms with Crippen LogP contribution >= 0.6 is 11.8 Å². The number of hydrogen-bond donors (Lipinski definition) is 1. The Labute approximate surface area is 173 Å². The molecule has 0 unspecified atom stereocenters. The van der Waals surface area contributed by atoms with Gasteiger partial charge in [-0.1, -0.05) is 30.8 Å². The van der Waals surface area contributed by atoms with Crippen LogP contribution in [0, 0.1) is 0 Å². The molecule has 0 fully saturated rings. The Morgan fingerprint density at radius 1 is 1.10 bits per heavy atom. The Morgan fingerprint density at radius 2 is 1.83 bits per heavy atom. The zero-order valence-electron chi connectivity index (χ0n) is 16.4. The number of hydrogen-bond acceptors (Lipinski definition) is 5. The number of nitrogens with zero attached hydrogens (tertiary/aromatic N) is 2. The fraction of sp³-hybridized carbons (Fsp3) is 0.227. The Morgan fingerprint density at radius 3 is 2.48 bits per heavy atom. The highest BCUT2D eigenvalue weighted by Crippen LogP contribution is 2.16. The Balaban J connectivity index is 1.66. The van der Waals surface area contributed by atoms with Gasteiger partial charge in [0.05, 0.1) is 12.4 Å². The van der Waals surface area contributed by atoms with Gasteiger partial charge >= 0.3 is 0 Å². The van der Waals surface area contributed by atoms with Crippen LogP contribution in [-0.2, 0) is 11.2 Å². The Kier molecular flexibility index (Phi) is 7.08. The monoisotopic (exact) mass is 409 g/mol. The lowest BCUT2D eigenvalue weighted by atomic mass is 10.1. The molecule has 1 heterocycles. The minimum atomic E-state index is -0.262. The van der Waals surface area contributed by atoms with Crippen molar-refractivity contribution in [3.63, 3.8) is 0 Å². The molecule has 150 valence electrons. The number of amides is 1. The molecule has 29 heavy (non-hydrogen) atoms. The highest BCUT2D eigenvalue weighted by Gasteiger charge is 2.10. The maximum atomic E-state index is 12.7. The fourth-order valence-corrected chi connectivity index (χ4v) is 3.42. The number of anilines is 1. The molecule has 6 nitrogen and oxygen atoms in total. The summed E-state index contributed by atoms with van der Waals surface area (Å²) in [6.07, 6.45) is 4.11. The van der Waals surface area contributed by atoms with Crippen molar-refractivity contribution >= 4 is 23.4 Å². The van der Waals surface area contributed by atoms with Crippen molar-refractivity contribution in [2.75, 3.05) is 17.7 Å². The smallest absolute Gasteiger partial charge is 0.287 e. The second-order valence-corrected chi connectivity index (χ2v) is 7.19. The van der Waals surface area contributed by atoms with E-state index in [1.165, 1.54) is 10.1 Å². The van der Waals surface area contributed by atoms with E-state index in [1.54, 1.807) is 12.4 Å². The molecule has 0 aliphatic rings. The lowest BCUT2D eigenvalue weighted by Gasteiger charge is -2.09. The third kappa shape index (κ3) is 5.48. The molecular weight excluding hydrogens is 386 g/mol. The molecule has 0 aliphatic carbocycles. The summed E-state index contributed by atoms with van der Waals surface area (Å²) >= 11 is 1.12. The van der Waals surface area contributed by atoms with E-state index in [0.29, 0.717) is 12.3 Å². The maximum absolute atomic E-state index is 12.7. The second kappa shape index (κ2) is 9.93. The van der Waals surface area contributed by atoms with Crippen molar-refractivity contribution in [1.82, 2.24) is 9.55 Å². The summed E-state index contributed by atoms with van der Waals surface area (Å²) in [5, 5.41) is 3.11. The van der Waals surface area contributed by atoms with Gasteiger partial charge in [0.15, 0.2) is 5.03 Å². The highest BCUT2D eigenvalue weighted by atomic mass is 32.2. The van der Waals surface area contributed by atoms with E-state index in [1.807, 2.05) is 55.5 Å². The van der Waals surface area contributed by atoms with Crippen LogP contribution in [0.1, 0.15) is 19.4 Å². The summed E-state index contributed by atoms with van der Waals surface area (Å²) in [5.41, 5.74) is 2.39. The topological polar surface area (TPSA) is 73.2 Å². The van der Waals surface area contributed by atoms with Crippen LogP contribution in [0.3, 0.4) is 0 Å². The highest BCUT2D eigenvalue weighted by molar-refractivity contribution is 7.99. The van der Waals surface area contributed by atoms with Crippen LogP contribution in [0.5, 0.6) is 5.75 Å². The van der Waals surface area contributed by atoms with Crippen LogP contribution in [0.2, 0.25) is 0 Å². The molecule has 0 saturated carbocycles. The average molecular weight is 410 g/mol. The van der Waals surface area contributed by atoms with E-state index < -0.39 is 0 Å². The molecule has 0 radical (unpaired) electrons. The van der Waals surface area contributed by atoms with Crippen molar-refractivity contribution in [2.45, 2.75) is 25.3 Å². The molecular formula is C22H23N3O3S. The molecule has 2 aromatic carbocycles. The van der Waals surface area contributed by atoms with Crippen LogP contribution in [0.25, 0.3) is 5.69 Å². The van der Waals surface area contributed by atoms with E-state index in [4.69, 9.17) is 4.74 Å². The van der Waals surface area contributed by atoms with Crippen molar-refractivity contribution < 1.29 is 9.53 Å².